The van der Waals surface area contributed by atoms with Crippen LogP contribution in [0.5, 0.6) is 0 Å². The third kappa shape index (κ3) is 3.62. The van der Waals surface area contributed by atoms with Crippen LogP contribution in [-0.2, 0) is 23.1 Å². The Kier molecular flexibility index (Phi) is 4.46. The summed E-state index contributed by atoms with van der Waals surface area (Å²) in [4.78, 5) is 26.2. The largest absolute Gasteiger partial charge is 0.379 e. The van der Waals surface area contributed by atoms with E-state index >= 15 is 0 Å². The average Bonchev–Trinajstić information content (AvgIpc) is 3.47. The first-order valence-corrected chi connectivity index (χ1v) is 11.4. The third-order valence-corrected chi connectivity index (χ3v) is 6.58. The van der Waals surface area contributed by atoms with Gasteiger partial charge < -0.3 is 14.9 Å². The average molecular weight is 461 g/mol. The number of fused-ring (bicyclic) bond motifs is 2. The second-order valence-corrected chi connectivity index (χ2v) is 8.92. The molecule has 0 unspecified atom stereocenters. The highest BCUT2D eigenvalue weighted by Crippen LogP contribution is 2.38. The normalized spacial score (nSPS) is 15.7. The minimum Gasteiger partial charge on any atom is -0.379 e. The van der Waals surface area contributed by atoms with Crippen molar-refractivity contribution in [1.29, 1.82) is 5.41 Å². The van der Waals surface area contributed by atoms with Gasteiger partial charge in [0.05, 0.1) is 11.1 Å². The molecule has 3 heterocycles. The van der Waals surface area contributed by atoms with Gasteiger partial charge in [0, 0.05) is 68.7 Å². The van der Waals surface area contributed by atoms with Crippen molar-refractivity contribution in [3.63, 3.8) is 0 Å². The molecule has 0 fully saturated rings. The third-order valence-electron chi connectivity index (χ3n) is 5.77. The number of aryl methyl sites for hydroxylation is 2. The fourth-order valence-corrected chi connectivity index (χ4v) is 4.89. The van der Waals surface area contributed by atoms with E-state index in [0.29, 0.717) is 34.3 Å². The van der Waals surface area contributed by atoms with E-state index in [2.05, 4.69) is 5.32 Å². The smallest absolute Gasteiger partial charge is 0.259 e. The van der Waals surface area contributed by atoms with Gasteiger partial charge in [-0.15, -0.1) is 0 Å². The van der Waals surface area contributed by atoms with Gasteiger partial charge >= 0.3 is 0 Å². The molecule has 4 N–H and O–H groups in total. The molecule has 7 nitrogen and oxygen atoms in total. The zero-order valence-corrected chi connectivity index (χ0v) is 18.4. The summed E-state index contributed by atoms with van der Waals surface area (Å²) in [7, 11) is 0. The molecule has 5 rings (SSSR count). The molecule has 2 aromatic carbocycles. The van der Waals surface area contributed by atoms with E-state index in [1.165, 1.54) is 18.0 Å². The van der Waals surface area contributed by atoms with Gasteiger partial charge in [0.15, 0.2) is 5.17 Å². The van der Waals surface area contributed by atoms with Gasteiger partial charge in [-0.25, -0.2) is 0 Å². The number of thioether (sulfide) groups is 1. The van der Waals surface area contributed by atoms with Gasteiger partial charge in [-0.05, 0) is 18.6 Å². The first-order chi connectivity index (χ1) is 17.2. The number of hydrogen-bond donors (Lipinski definition) is 3. The van der Waals surface area contributed by atoms with Gasteiger partial charge in [-0.3, -0.25) is 20.3 Å². The highest BCUT2D eigenvalue weighted by atomic mass is 32.2. The summed E-state index contributed by atoms with van der Waals surface area (Å²) >= 11 is 1.27. The number of amidine groups is 1. The van der Waals surface area contributed by atoms with Crippen LogP contribution in [0.4, 0.5) is 0 Å². The molecule has 0 atom stereocenters. The number of carbonyl (C=O) groups excluding carboxylic acids is 2. The number of nitrogens with two attached hydrogens (primary N) is 1. The number of para-hydroxylation sites is 2. The van der Waals surface area contributed by atoms with Crippen molar-refractivity contribution in [3.8, 4) is 0 Å². The number of rotatable bonds is 6. The first-order valence-electron chi connectivity index (χ1n) is 11.9. The molecule has 0 aliphatic carbocycles. The van der Waals surface area contributed by atoms with Crippen LogP contribution < -0.4 is 11.1 Å². The van der Waals surface area contributed by atoms with Crippen molar-refractivity contribution in [2.24, 2.45) is 12.7 Å². The molecular formula is C25H23N5O2S. The summed E-state index contributed by atoms with van der Waals surface area (Å²) in [5, 5.41) is 11.3. The van der Waals surface area contributed by atoms with Crippen molar-refractivity contribution < 1.29 is 13.7 Å². The number of hydrogen-bond acceptors (Lipinski definition) is 4. The molecule has 0 spiro atoms. The molecule has 0 bridgehead atoms. The molecular weight excluding hydrogens is 434 g/mol. The molecule has 8 heteroatoms. The maximum Gasteiger partial charge on any atom is 0.259 e. The Morgan fingerprint density at radius 1 is 1.00 bits per heavy atom. The second kappa shape index (κ2) is 8.29. The van der Waals surface area contributed by atoms with Gasteiger partial charge in [-0.2, -0.15) is 0 Å². The maximum atomic E-state index is 13.1. The number of carbonyl (C=O) groups is 2. The SMILES string of the molecule is [2H]C([2H])([2H])n1cc(C2=C(c3cn(CCCSC(=N)N)c4ccccc34)C(=O)NC2=O)c2ccccc21. The van der Waals surface area contributed by atoms with Crippen LogP contribution in [0, 0.1) is 5.41 Å². The van der Waals surface area contributed by atoms with Gasteiger partial charge in [0.1, 0.15) is 0 Å². The minimum absolute atomic E-state index is 0.0696. The summed E-state index contributed by atoms with van der Waals surface area (Å²) in [5.74, 6) is -0.396. The minimum atomic E-state index is -2.45. The lowest BCUT2D eigenvalue weighted by Crippen LogP contribution is -2.22. The zero-order valence-electron chi connectivity index (χ0n) is 20.6. The summed E-state index contributed by atoms with van der Waals surface area (Å²) in [6, 6.07) is 14.6. The molecule has 0 radical (unpaired) electrons. The molecule has 1 aliphatic heterocycles. The lowest BCUT2D eigenvalue weighted by molar-refractivity contribution is -0.122. The van der Waals surface area contributed by atoms with Crippen LogP contribution in [0.3, 0.4) is 0 Å². The van der Waals surface area contributed by atoms with E-state index in [-0.39, 0.29) is 16.3 Å². The fourth-order valence-electron chi connectivity index (χ4n) is 4.40. The van der Waals surface area contributed by atoms with Crippen molar-refractivity contribution in [2.45, 2.75) is 13.0 Å². The standard InChI is InChI=1S/C25H23N5O2S/c1-29-13-17(15-7-2-4-9-19(15)29)21-22(24(32)28-23(21)31)18-14-30(11-6-12-33-25(26)27)20-10-5-3-8-16(18)20/h2-5,7-10,13-14H,6,11-12H2,1H3,(H3,26,27)(H,28,31,32)/i1D3. The fraction of sp³-hybridized carbons (Fsp3) is 0.160. The van der Waals surface area contributed by atoms with Crippen LogP contribution in [0.25, 0.3) is 33.0 Å². The molecule has 2 amide bonds. The quantitative estimate of drug-likeness (QED) is 0.176. The monoisotopic (exact) mass is 460 g/mol. The number of imide groups is 1. The summed E-state index contributed by atoms with van der Waals surface area (Å²) in [6.07, 6.45) is 4.05. The van der Waals surface area contributed by atoms with Crippen molar-refractivity contribution in [1.82, 2.24) is 14.5 Å². The van der Waals surface area contributed by atoms with E-state index in [0.717, 1.165) is 21.9 Å². The summed E-state index contributed by atoms with van der Waals surface area (Å²) in [5.41, 5.74) is 8.19. The topological polar surface area (TPSA) is 106 Å². The second-order valence-electron chi connectivity index (χ2n) is 7.78. The summed E-state index contributed by atoms with van der Waals surface area (Å²) in [6.45, 7) is -1.82. The van der Waals surface area contributed by atoms with E-state index in [1.807, 2.05) is 35.0 Å². The Labute approximate surface area is 199 Å². The van der Waals surface area contributed by atoms with Crippen molar-refractivity contribution >= 4 is 61.7 Å². The summed E-state index contributed by atoms with van der Waals surface area (Å²) < 4.78 is 27.0. The molecule has 0 saturated carbocycles. The van der Waals surface area contributed by atoms with E-state index < -0.39 is 18.8 Å². The number of benzene rings is 2. The van der Waals surface area contributed by atoms with Crippen molar-refractivity contribution in [2.75, 3.05) is 5.75 Å². The predicted molar refractivity (Wildman–Crippen MR) is 134 cm³/mol. The Balaban J connectivity index is 1.70. The van der Waals surface area contributed by atoms with Gasteiger partial charge in [0.25, 0.3) is 11.8 Å². The molecule has 0 saturated heterocycles. The van der Waals surface area contributed by atoms with Crippen LogP contribution in [0.15, 0.2) is 60.9 Å². The van der Waals surface area contributed by atoms with Crippen LogP contribution in [-0.4, -0.2) is 31.9 Å². The lowest BCUT2D eigenvalue weighted by atomic mass is 9.95. The first kappa shape index (κ1) is 17.7. The Hall–Kier alpha value is -3.78. The molecule has 1 aliphatic rings. The molecule has 33 heavy (non-hydrogen) atoms. The van der Waals surface area contributed by atoms with Gasteiger partial charge in [0.2, 0.25) is 0 Å². The molecule has 4 aromatic rings. The Bertz CT molecular complexity index is 1580. The predicted octanol–water partition coefficient (Wildman–Crippen LogP) is 3.72. The Morgan fingerprint density at radius 3 is 2.27 bits per heavy atom. The number of aromatic nitrogens is 2. The van der Waals surface area contributed by atoms with E-state index in [9.17, 15) is 9.59 Å². The van der Waals surface area contributed by atoms with E-state index in [4.69, 9.17) is 15.3 Å². The lowest BCUT2D eigenvalue weighted by Gasteiger charge is -2.04. The van der Waals surface area contributed by atoms with Gasteiger partial charge in [-0.1, -0.05) is 48.2 Å². The molecule has 2 aromatic heterocycles. The van der Waals surface area contributed by atoms with Crippen LogP contribution in [0.2, 0.25) is 0 Å². The number of amides is 2. The van der Waals surface area contributed by atoms with Crippen molar-refractivity contribution in [3.05, 3.63) is 72.1 Å². The van der Waals surface area contributed by atoms with Crippen LogP contribution in [0.1, 0.15) is 21.7 Å². The Morgan fingerprint density at radius 2 is 1.61 bits per heavy atom. The van der Waals surface area contributed by atoms with E-state index in [1.54, 1.807) is 24.3 Å². The number of nitrogens with zero attached hydrogens (tertiary/aromatic N) is 2. The zero-order chi connectivity index (χ0) is 25.6. The maximum absolute atomic E-state index is 13.1. The highest BCUT2D eigenvalue weighted by molar-refractivity contribution is 8.13. The van der Waals surface area contributed by atoms with Crippen LogP contribution >= 0.6 is 11.8 Å². The highest BCUT2D eigenvalue weighted by Gasteiger charge is 2.35. The molecule has 166 valence electrons. The number of nitrogens with one attached hydrogen (secondary N) is 2.